The monoisotopic (exact) mass is 326 g/mol. The Kier molecular flexibility index (Phi) is 3.00. The van der Waals surface area contributed by atoms with Gasteiger partial charge in [0.1, 0.15) is 0 Å². The maximum atomic E-state index is 11.8. The molecule has 24 heavy (non-hydrogen) atoms. The Morgan fingerprint density at radius 1 is 1.29 bits per heavy atom. The summed E-state index contributed by atoms with van der Waals surface area (Å²) in [6.45, 7) is 2.22. The van der Waals surface area contributed by atoms with E-state index in [-0.39, 0.29) is 17.4 Å². The highest BCUT2D eigenvalue weighted by Crippen LogP contribution is 2.60. The second-order valence-corrected chi connectivity index (χ2v) is 8.50. The van der Waals surface area contributed by atoms with E-state index in [0.717, 1.165) is 51.1 Å². The van der Waals surface area contributed by atoms with E-state index in [0.29, 0.717) is 5.56 Å². The second kappa shape index (κ2) is 4.83. The number of hydrogen-bond acceptors (Lipinski definition) is 3. The summed E-state index contributed by atoms with van der Waals surface area (Å²) in [5.74, 6) is 0.477. The predicted molar refractivity (Wildman–Crippen MR) is 91.8 cm³/mol. The first-order valence-electron chi connectivity index (χ1n) is 9.43. The van der Waals surface area contributed by atoms with Crippen molar-refractivity contribution in [3.05, 3.63) is 34.9 Å². The molecular weight excluding hydrogens is 300 g/mol. The van der Waals surface area contributed by atoms with Gasteiger partial charge in [-0.05, 0) is 80.7 Å². The van der Waals surface area contributed by atoms with E-state index in [4.69, 9.17) is 5.73 Å². The Balaban J connectivity index is 1.63. The molecule has 1 amide bonds. The molecule has 1 aromatic rings. The second-order valence-electron chi connectivity index (χ2n) is 8.50. The third kappa shape index (κ3) is 1.84. The molecule has 1 heterocycles. The molecule has 128 valence electrons. The summed E-state index contributed by atoms with van der Waals surface area (Å²) in [4.78, 5) is 14.2. The zero-order valence-corrected chi connectivity index (χ0v) is 14.1. The van der Waals surface area contributed by atoms with E-state index in [2.05, 4.69) is 11.0 Å². The molecule has 3 aliphatic carbocycles. The first-order valence-corrected chi connectivity index (χ1v) is 9.43. The first kappa shape index (κ1) is 14.9. The van der Waals surface area contributed by atoms with Crippen molar-refractivity contribution < 1.29 is 9.90 Å². The number of amides is 1. The summed E-state index contributed by atoms with van der Waals surface area (Å²) >= 11 is 0. The molecule has 0 spiro atoms. The van der Waals surface area contributed by atoms with Crippen LogP contribution in [0.2, 0.25) is 0 Å². The van der Waals surface area contributed by atoms with E-state index >= 15 is 0 Å². The van der Waals surface area contributed by atoms with Crippen molar-refractivity contribution in [2.24, 2.45) is 11.7 Å². The van der Waals surface area contributed by atoms with Gasteiger partial charge in [0, 0.05) is 23.6 Å². The third-order valence-corrected chi connectivity index (χ3v) is 7.32. The number of hydrogen-bond donors (Lipinski definition) is 2. The smallest absolute Gasteiger partial charge is 0.248 e. The molecular formula is C20H26N2O2. The van der Waals surface area contributed by atoms with Gasteiger partial charge in [0.2, 0.25) is 5.91 Å². The van der Waals surface area contributed by atoms with E-state index in [1.54, 1.807) is 0 Å². The third-order valence-electron chi connectivity index (χ3n) is 7.32. The van der Waals surface area contributed by atoms with Crippen LogP contribution in [-0.4, -0.2) is 40.6 Å². The minimum Gasteiger partial charge on any atom is -0.387 e. The molecule has 3 fully saturated rings. The summed E-state index contributed by atoms with van der Waals surface area (Å²) < 4.78 is 0. The molecule has 3 atom stereocenters. The molecule has 1 aliphatic heterocycles. The van der Waals surface area contributed by atoms with Crippen molar-refractivity contribution in [1.29, 1.82) is 0 Å². The van der Waals surface area contributed by atoms with Crippen LogP contribution < -0.4 is 5.73 Å². The van der Waals surface area contributed by atoms with Crippen LogP contribution in [0.3, 0.4) is 0 Å². The number of nitrogens with two attached hydrogens (primary N) is 1. The molecule has 4 heteroatoms. The zero-order chi connectivity index (χ0) is 16.5. The number of fused-ring (bicyclic) bond motifs is 1. The molecule has 3 N–H and O–H groups in total. The van der Waals surface area contributed by atoms with Gasteiger partial charge in [-0.15, -0.1) is 0 Å². The van der Waals surface area contributed by atoms with E-state index in [9.17, 15) is 9.90 Å². The summed E-state index contributed by atoms with van der Waals surface area (Å²) in [5.41, 5.74) is 7.82. The van der Waals surface area contributed by atoms with Crippen molar-refractivity contribution in [2.75, 3.05) is 13.1 Å². The SMILES string of the molecule is NC(=O)c1ccc2c(c1)[C@@]13CCC[C@@]1(O)[C@@H](C2)N(CC1CC1)CC3. The van der Waals surface area contributed by atoms with Crippen LogP contribution in [0, 0.1) is 5.92 Å². The fourth-order valence-electron chi connectivity index (χ4n) is 5.95. The molecule has 4 aliphatic rings. The van der Waals surface area contributed by atoms with Crippen molar-refractivity contribution in [3.63, 3.8) is 0 Å². The normalized spacial score (nSPS) is 37.8. The number of carbonyl (C=O) groups is 1. The zero-order valence-electron chi connectivity index (χ0n) is 14.1. The summed E-state index contributed by atoms with van der Waals surface area (Å²) in [6, 6.07) is 6.17. The Morgan fingerprint density at radius 2 is 2.12 bits per heavy atom. The van der Waals surface area contributed by atoms with Crippen LogP contribution in [-0.2, 0) is 11.8 Å². The number of likely N-dealkylation sites (tertiary alicyclic amines) is 1. The predicted octanol–water partition coefficient (Wildman–Crippen LogP) is 1.98. The lowest BCUT2D eigenvalue weighted by atomic mass is 9.56. The average molecular weight is 326 g/mol. The van der Waals surface area contributed by atoms with Crippen molar-refractivity contribution in [3.8, 4) is 0 Å². The van der Waals surface area contributed by atoms with Crippen LogP contribution in [0.1, 0.15) is 60.0 Å². The number of piperidine rings is 1. The van der Waals surface area contributed by atoms with Gasteiger partial charge in [-0.1, -0.05) is 6.07 Å². The Hall–Kier alpha value is -1.39. The van der Waals surface area contributed by atoms with Gasteiger partial charge in [-0.3, -0.25) is 9.69 Å². The van der Waals surface area contributed by atoms with Crippen LogP contribution in [0.5, 0.6) is 0 Å². The van der Waals surface area contributed by atoms with Gasteiger partial charge in [-0.2, -0.15) is 0 Å². The summed E-state index contributed by atoms with van der Waals surface area (Å²) in [7, 11) is 0. The molecule has 5 rings (SSSR count). The maximum Gasteiger partial charge on any atom is 0.248 e. The number of benzene rings is 1. The standard InChI is InChI=1S/C20H26N2O2/c21-18(23)15-5-4-14-11-17-20(24)7-1-6-19(20,16(14)10-15)8-9-22(17)12-13-2-3-13/h4-5,10,13,17,24H,1-3,6-9,11-12H2,(H2,21,23)/t17-,19+,20-/m1/s1. The Bertz CT molecular complexity index is 714. The van der Waals surface area contributed by atoms with Crippen LogP contribution in [0.25, 0.3) is 0 Å². The largest absolute Gasteiger partial charge is 0.387 e. The number of primary amides is 1. The minimum atomic E-state index is -0.636. The molecule has 4 nitrogen and oxygen atoms in total. The van der Waals surface area contributed by atoms with Gasteiger partial charge in [-0.25, -0.2) is 0 Å². The van der Waals surface area contributed by atoms with Gasteiger partial charge in [0.05, 0.1) is 5.60 Å². The Labute approximate surface area is 143 Å². The lowest BCUT2D eigenvalue weighted by Crippen LogP contribution is -2.69. The lowest BCUT2D eigenvalue weighted by molar-refractivity contribution is -0.130. The number of carbonyl (C=O) groups excluding carboxylic acids is 1. The van der Waals surface area contributed by atoms with E-state index in [1.165, 1.54) is 24.0 Å². The Morgan fingerprint density at radius 3 is 2.88 bits per heavy atom. The molecule has 1 aromatic carbocycles. The first-order chi connectivity index (χ1) is 11.5. The summed E-state index contributed by atoms with van der Waals surface area (Å²) in [6.07, 6.45) is 7.61. The fraction of sp³-hybridized carbons (Fsp3) is 0.650. The van der Waals surface area contributed by atoms with Gasteiger partial charge in [0.25, 0.3) is 0 Å². The van der Waals surface area contributed by atoms with E-state index < -0.39 is 5.60 Å². The highest BCUT2D eigenvalue weighted by molar-refractivity contribution is 5.93. The number of aliphatic hydroxyl groups is 1. The molecule has 0 unspecified atom stereocenters. The van der Waals surface area contributed by atoms with Crippen molar-refractivity contribution >= 4 is 5.91 Å². The van der Waals surface area contributed by atoms with E-state index in [1.807, 2.05) is 12.1 Å². The quantitative estimate of drug-likeness (QED) is 0.892. The number of rotatable bonds is 3. The maximum absolute atomic E-state index is 11.8. The van der Waals surface area contributed by atoms with Gasteiger partial charge >= 0.3 is 0 Å². The highest BCUT2D eigenvalue weighted by atomic mass is 16.3. The highest BCUT2D eigenvalue weighted by Gasteiger charge is 2.64. The van der Waals surface area contributed by atoms with Crippen LogP contribution in [0.15, 0.2) is 18.2 Å². The van der Waals surface area contributed by atoms with Gasteiger partial charge in [0.15, 0.2) is 0 Å². The van der Waals surface area contributed by atoms with Crippen molar-refractivity contribution in [1.82, 2.24) is 4.90 Å². The molecule has 0 radical (unpaired) electrons. The summed E-state index contributed by atoms with van der Waals surface area (Å²) in [5, 5.41) is 11.8. The fourth-order valence-corrected chi connectivity index (χ4v) is 5.95. The molecule has 0 aromatic heterocycles. The number of nitrogens with zero attached hydrogens (tertiary/aromatic N) is 1. The molecule has 2 saturated carbocycles. The van der Waals surface area contributed by atoms with Crippen molar-refractivity contribution in [2.45, 2.75) is 62.0 Å². The molecule has 2 bridgehead atoms. The lowest BCUT2D eigenvalue weighted by Gasteiger charge is -2.59. The minimum absolute atomic E-state index is 0.170. The average Bonchev–Trinajstić information content (AvgIpc) is 3.29. The van der Waals surface area contributed by atoms with Gasteiger partial charge < -0.3 is 10.8 Å². The van der Waals surface area contributed by atoms with Crippen LogP contribution >= 0.6 is 0 Å². The van der Waals surface area contributed by atoms with Crippen LogP contribution in [0.4, 0.5) is 0 Å². The molecule has 1 saturated heterocycles. The topological polar surface area (TPSA) is 66.6 Å².